The Morgan fingerprint density at radius 3 is 2.60 bits per heavy atom. The molecule has 2 rings (SSSR count). The van der Waals surface area contributed by atoms with Gasteiger partial charge >= 0.3 is 0 Å². The first-order valence-corrected chi connectivity index (χ1v) is 7.87. The van der Waals surface area contributed by atoms with Crippen LogP contribution in [-0.4, -0.2) is 23.9 Å². The zero-order chi connectivity index (χ0) is 14.9. The third-order valence-electron chi connectivity index (χ3n) is 3.89. The van der Waals surface area contributed by atoms with Crippen LogP contribution in [0.25, 0.3) is 10.1 Å². The highest BCUT2D eigenvalue weighted by atomic mass is 32.1. The summed E-state index contributed by atoms with van der Waals surface area (Å²) in [6.45, 7) is 6.26. The largest absolute Gasteiger partial charge is 0.397 e. The smallest absolute Gasteiger partial charge is 0.266 e. The maximum absolute atomic E-state index is 12.6. The second-order valence-electron chi connectivity index (χ2n) is 5.23. The van der Waals surface area contributed by atoms with Crippen molar-refractivity contribution in [1.82, 2.24) is 4.90 Å². The van der Waals surface area contributed by atoms with Crippen LogP contribution >= 0.6 is 11.3 Å². The molecule has 108 valence electrons. The van der Waals surface area contributed by atoms with Crippen molar-refractivity contribution in [3.63, 3.8) is 0 Å². The van der Waals surface area contributed by atoms with Gasteiger partial charge in [0.25, 0.3) is 5.91 Å². The van der Waals surface area contributed by atoms with Gasteiger partial charge in [-0.05, 0) is 31.4 Å². The summed E-state index contributed by atoms with van der Waals surface area (Å²) in [6.07, 6.45) is 1.92. The van der Waals surface area contributed by atoms with Crippen molar-refractivity contribution in [3.8, 4) is 0 Å². The Labute approximate surface area is 124 Å². The lowest BCUT2D eigenvalue weighted by molar-refractivity contribution is 0.0729. The van der Waals surface area contributed by atoms with E-state index >= 15 is 0 Å². The van der Waals surface area contributed by atoms with Gasteiger partial charge in [0.15, 0.2) is 0 Å². The third kappa shape index (κ3) is 2.52. The Hall–Kier alpha value is -1.55. The van der Waals surface area contributed by atoms with Gasteiger partial charge in [-0.15, -0.1) is 11.3 Å². The maximum Gasteiger partial charge on any atom is 0.266 e. The summed E-state index contributed by atoms with van der Waals surface area (Å²) in [5.41, 5.74) is 7.98. The van der Waals surface area contributed by atoms with E-state index in [0.29, 0.717) is 10.6 Å². The van der Waals surface area contributed by atoms with Crippen LogP contribution in [0.3, 0.4) is 0 Å². The van der Waals surface area contributed by atoms with E-state index in [0.717, 1.165) is 22.9 Å². The first-order valence-electron chi connectivity index (χ1n) is 7.05. The number of anilines is 1. The number of nitrogen functional groups attached to an aromatic ring is 1. The van der Waals surface area contributed by atoms with Crippen LogP contribution < -0.4 is 5.73 Å². The molecular formula is C16H22N2OS. The molecule has 0 fully saturated rings. The van der Waals surface area contributed by atoms with Gasteiger partial charge in [-0.2, -0.15) is 0 Å². The van der Waals surface area contributed by atoms with Crippen LogP contribution in [0, 0.1) is 6.92 Å². The zero-order valence-electron chi connectivity index (χ0n) is 12.6. The number of hydrogen-bond donors (Lipinski definition) is 1. The molecule has 0 aliphatic carbocycles. The number of rotatable bonds is 4. The number of thiophene rings is 1. The molecular weight excluding hydrogens is 268 g/mol. The molecule has 0 radical (unpaired) electrons. The molecule has 2 aromatic rings. The van der Waals surface area contributed by atoms with E-state index < -0.39 is 0 Å². The molecule has 0 aliphatic heterocycles. The van der Waals surface area contributed by atoms with Gasteiger partial charge in [-0.3, -0.25) is 4.79 Å². The number of hydrogen-bond acceptors (Lipinski definition) is 3. The number of nitrogens with two attached hydrogens (primary N) is 1. The van der Waals surface area contributed by atoms with Gasteiger partial charge in [0.05, 0.1) is 5.69 Å². The van der Waals surface area contributed by atoms with E-state index in [-0.39, 0.29) is 11.9 Å². The zero-order valence-corrected chi connectivity index (χ0v) is 13.4. The summed E-state index contributed by atoms with van der Waals surface area (Å²) >= 11 is 1.50. The maximum atomic E-state index is 12.6. The van der Waals surface area contributed by atoms with Crippen molar-refractivity contribution >= 4 is 33.0 Å². The molecule has 0 atom stereocenters. The standard InChI is InChI=1S/C16H22N2OS/c1-5-11(6-2)18(4)16(19)15-14(17)12-8-7-10(3)9-13(12)20-15/h7-9,11H,5-6,17H2,1-4H3. The van der Waals surface area contributed by atoms with E-state index in [4.69, 9.17) is 5.73 Å². The van der Waals surface area contributed by atoms with Crippen LogP contribution in [0.2, 0.25) is 0 Å². The van der Waals surface area contributed by atoms with Crippen molar-refractivity contribution in [1.29, 1.82) is 0 Å². The average Bonchev–Trinajstić information content (AvgIpc) is 2.75. The lowest BCUT2D eigenvalue weighted by atomic mass is 10.1. The molecule has 1 aromatic heterocycles. The Bertz CT molecular complexity index is 629. The summed E-state index contributed by atoms with van der Waals surface area (Å²) in [6, 6.07) is 6.40. The lowest BCUT2D eigenvalue weighted by Gasteiger charge is -2.25. The average molecular weight is 290 g/mol. The fraction of sp³-hybridized carbons (Fsp3) is 0.438. The number of aryl methyl sites for hydroxylation is 1. The van der Waals surface area contributed by atoms with Gasteiger partial charge in [-0.25, -0.2) is 0 Å². The van der Waals surface area contributed by atoms with Crippen molar-refractivity contribution < 1.29 is 4.79 Å². The fourth-order valence-corrected chi connectivity index (χ4v) is 3.75. The molecule has 1 amide bonds. The molecule has 0 saturated heterocycles. The monoisotopic (exact) mass is 290 g/mol. The Morgan fingerprint density at radius 2 is 2.00 bits per heavy atom. The minimum absolute atomic E-state index is 0.0371. The number of amides is 1. The predicted molar refractivity (Wildman–Crippen MR) is 87.4 cm³/mol. The molecule has 0 bridgehead atoms. The Balaban J connectivity index is 2.42. The van der Waals surface area contributed by atoms with Crippen LogP contribution in [0.15, 0.2) is 18.2 Å². The van der Waals surface area contributed by atoms with Crippen LogP contribution in [0.4, 0.5) is 5.69 Å². The summed E-state index contributed by atoms with van der Waals surface area (Å²) in [5.74, 6) is 0.0371. The van der Waals surface area contributed by atoms with Crippen molar-refractivity contribution in [2.24, 2.45) is 0 Å². The molecule has 0 saturated carbocycles. The molecule has 2 N–H and O–H groups in total. The number of fused-ring (bicyclic) bond motifs is 1. The van der Waals surface area contributed by atoms with E-state index in [1.54, 1.807) is 0 Å². The minimum Gasteiger partial charge on any atom is -0.397 e. The first-order chi connectivity index (χ1) is 9.49. The number of carbonyl (C=O) groups is 1. The van der Waals surface area contributed by atoms with E-state index in [1.807, 2.05) is 31.0 Å². The molecule has 0 aliphatic rings. The summed E-state index contributed by atoms with van der Waals surface area (Å²) < 4.78 is 1.09. The van der Waals surface area contributed by atoms with Crippen molar-refractivity contribution in [2.45, 2.75) is 39.7 Å². The van der Waals surface area contributed by atoms with Crippen molar-refractivity contribution in [2.75, 3.05) is 12.8 Å². The van der Waals surface area contributed by atoms with Crippen LogP contribution in [0.1, 0.15) is 41.9 Å². The van der Waals surface area contributed by atoms with Crippen molar-refractivity contribution in [3.05, 3.63) is 28.6 Å². The molecule has 4 heteroatoms. The summed E-state index contributed by atoms with van der Waals surface area (Å²) in [4.78, 5) is 15.1. The van der Waals surface area contributed by atoms with Gasteiger partial charge in [0.1, 0.15) is 4.88 Å². The minimum atomic E-state index is 0.0371. The van der Waals surface area contributed by atoms with Gasteiger partial charge < -0.3 is 10.6 Å². The van der Waals surface area contributed by atoms with Gasteiger partial charge in [-0.1, -0.05) is 26.0 Å². The molecule has 1 heterocycles. The Kier molecular flexibility index (Phi) is 4.33. The molecule has 0 spiro atoms. The highest BCUT2D eigenvalue weighted by molar-refractivity contribution is 7.21. The SMILES string of the molecule is CCC(CC)N(C)C(=O)c1sc2cc(C)ccc2c1N. The van der Waals surface area contributed by atoms with E-state index in [9.17, 15) is 4.79 Å². The molecule has 0 unspecified atom stereocenters. The fourth-order valence-electron chi connectivity index (χ4n) is 2.55. The van der Waals surface area contributed by atoms with Gasteiger partial charge in [0, 0.05) is 23.2 Å². The molecule has 3 nitrogen and oxygen atoms in total. The Morgan fingerprint density at radius 1 is 1.35 bits per heavy atom. The topological polar surface area (TPSA) is 46.3 Å². The number of carbonyl (C=O) groups excluding carboxylic acids is 1. The van der Waals surface area contributed by atoms with Crippen LogP contribution in [-0.2, 0) is 0 Å². The van der Waals surface area contributed by atoms with Gasteiger partial charge in [0.2, 0.25) is 0 Å². The highest BCUT2D eigenvalue weighted by Crippen LogP contribution is 2.35. The molecule has 20 heavy (non-hydrogen) atoms. The van der Waals surface area contributed by atoms with Crippen LogP contribution in [0.5, 0.6) is 0 Å². The second kappa shape index (κ2) is 5.83. The number of nitrogens with zero attached hydrogens (tertiary/aromatic N) is 1. The summed E-state index contributed by atoms with van der Waals surface area (Å²) in [5, 5.41) is 0.988. The first kappa shape index (κ1) is 14.9. The predicted octanol–water partition coefficient (Wildman–Crippen LogP) is 4.05. The number of benzene rings is 1. The lowest BCUT2D eigenvalue weighted by Crippen LogP contribution is -2.36. The summed E-state index contributed by atoms with van der Waals surface area (Å²) in [7, 11) is 1.87. The highest BCUT2D eigenvalue weighted by Gasteiger charge is 2.23. The second-order valence-corrected chi connectivity index (χ2v) is 6.28. The third-order valence-corrected chi connectivity index (χ3v) is 5.05. The molecule has 1 aromatic carbocycles. The normalized spacial score (nSPS) is 11.2. The van der Waals surface area contributed by atoms with E-state index in [2.05, 4.69) is 19.9 Å². The quantitative estimate of drug-likeness (QED) is 0.923. The van der Waals surface area contributed by atoms with E-state index in [1.165, 1.54) is 16.9 Å².